The summed E-state index contributed by atoms with van der Waals surface area (Å²) in [4.78, 5) is 28.1. The van der Waals surface area contributed by atoms with Crippen LogP contribution in [0.3, 0.4) is 0 Å². The lowest BCUT2D eigenvalue weighted by Crippen LogP contribution is -2.36. The number of carbonyl (C=O) groups is 1. The highest BCUT2D eigenvalue weighted by Gasteiger charge is 2.30. The number of benzene rings is 2. The molecule has 0 N–H and O–H groups in total. The average molecular weight is 453 g/mol. The van der Waals surface area contributed by atoms with Gasteiger partial charge < -0.3 is 14.3 Å². The summed E-state index contributed by atoms with van der Waals surface area (Å²) in [7, 11) is 0. The van der Waals surface area contributed by atoms with E-state index in [1.54, 1.807) is 29.2 Å². The van der Waals surface area contributed by atoms with Crippen molar-refractivity contribution in [3.8, 4) is 11.3 Å². The first-order valence-corrected chi connectivity index (χ1v) is 10.9. The third-order valence-corrected chi connectivity index (χ3v) is 6.35. The lowest BCUT2D eigenvalue weighted by molar-refractivity contribution is -0.384. The van der Waals surface area contributed by atoms with Gasteiger partial charge in [-0.25, -0.2) is 0 Å². The molecule has 1 aromatic heterocycles. The van der Waals surface area contributed by atoms with Crippen molar-refractivity contribution >= 4 is 28.9 Å². The van der Waals surface area contributed by atoms with Crippen LogP contribution in [0.1, 0.15) is 34.5 Å². The Morgan fingerprint density at radius 3 is 2.56 bits per heavy atom. The van der Waals surface area contributed by atoms with Gasteiger partial charge in [-0.3, -0.25) is 14.9 Å². The fourth-order valence-corrected chi connectivity index (χ4v) is 4.57. The molecule has 2 aromatic carbocycles. The maximum atomic E-state index is 13.1. The highest BCUT2D eigenvalue weighted by molar-refractivity contribution is 6.30. The molecule has 3 heterocycles. The van der Waals surface area contributed by atoms with Crippen LogP contribution in [0, 0.1) is 10.1 Å². The van der Waals surface area contributed by atoms with E-state index in [0.717, 1.165) is 37.1 Å². The second-order valence-electron chi connectivity index (χ2n) is 8.08. The fourth-order valence-electron chi connectivity index (χ4n) is 4.44. The lowest BCUT2D eigenvalue weighted by Gasteiger charge is -2.26. The molecule has 164 valence electrons. The number of anilines is 1. The van der Waals surface area contributed by atoms with Gasteiger partial charge in [-0.05, 0) is 55.7 Å². The zero-order valence-corrected chi connectivity index (χ0v) is 18.0. The molecule has 0 bridgehead atoms. The smallest absolute Gasteiger partial charge is 0.293 e. The number of aromatic nitrogens is 1. The van der Waals surface area contributed by atoms with Crippen molar-refractivity contribution in [1.82, 2.24) is 10.1 Å². The molecule has 0 radical (unpaired) electrons. The number of carbonyl (C=O) groups excluding carboxylic acids is 1. The molecule has 0 unspecified atom stereocenters. The van der Waals surface area contributed by atoms with E-state index in [0.29, 0.717) is 47.2 Å². The predicted molar refractivity (Wildman–Crippen MR) is 120 cm³/mol. The third kappa shape index (κ3) is 3.71. The summed E-state index contributed by atoms with van der Waals surface area (Å²) < 4.78 is 5.57. The van der Waals surface area contributed by atoms with Crippen LogP contribution in [-0.2, 0) is 13.0 Å². The van der Waals surface area contributed by atoms with Crippen molar-refractivity contribution in [3.63, 3.8) is 0 Å². The molecule has 5 rings (SSSR count). The van der Waals surface area contributed by atoms with E-state index in [2.05, 4.69) is 5.16 Å². The lowest BCUT2D eigenvalue weighted by atomic mass is 10.00. The minimum Gasteiger partial charge on any atom is -0.366 e. The van der Waals surface area contributed by atoms with Crippen molar-refractivity contribution in [1.29, 1.82) is 0 Å². The van der Waals surface area contributed by atoms with Gasteiger partial charge in [-0.1, -0.05) is 16.8 Å². The number of hydrogen-bond acceptors (Lipinski definition) is 6. The van der Waals surface area contributed by atoms with Gasteiger partial charge in [-0.15, -0.1) is 0 Å². The molecule has 1 amide bonds. The van der Waals surface area contributed by atoms with Crippen LogP contribution >= 0.6 is 11.6 Å². The van der Waals surface area contributed by atoms with Crippen LogP contribution in [0.2, 0.25) is 5.02 Å². The summed E-state index contributed by atoms with van der Waals surface area (Å²) in [5.41, 5.74) is 3.43. The average Bonchev–Trinajstić information content (AvgIpc) is 3.48. The molecule has 9 heteroatoms. The first-order chi connectivity index (χ1) is 15.5. The van der Waals surface area contributed by atoms with E-state index in [-0.39, 0.29) is 11.6 Å². The largest absolute Gasteiger partial charge is 0.366 e. The van der Waals surface area contributed by atoms with Crippen LogP contribution in [-0.4, -0.2) is 40.5 Å². The van der Waals surface area contributed by atoms with E-state index in [9.17, 15) is 14.9 Å². The maximum Gasteiger partial charge on any atom is 0.293 e. The summed E-state index contributed by atoms with van der Waals surface area (Å²) in [6.45, 7) is 2.37. The van der Waals surface area contributed by atoms with Crippen molar-refractivity contribution in [2.75, 3.05) is 24.5 Å². The van der Waals surface area contributed by atoms with Crippen molar-refractivity contribution in [2.24, 2.45) is 0 Å². The topological polar surface area (TPSA) is 92.7 Å². The molecule has 2 aliphatic heterocycles. The maximum absolute atomic E-state index is 13.1. The molecule has 3 aromatic rings. The van der Waals surface area contributed by atoms with E-state index < -0.39 is 4.92 Å². The van der Waals surface area contributed by atoms with Gasteiger partial charge in [0.05, 0.1) is 11.5 Å². The third-order valence-electron chi connectivity index (χ3n) is 6.10. The first kappa shape index (κ1) is 20.5. The Morgan fingerprint density at radius 2 is 1.84 bits per heavy atom. The number of nitro benzene ring substituents is 1. The van der Waals surface area contributed by atoms with Gasteiger partial charge >= 0.3 is 0 Å². The van der Waals surface area contributed by atoms with Crippen LogP contribution in [0.5, 0.6) is 0 Å². The minimum absolute atomic E-state index is 0.0260. The molecule has 0 aliphatic carbocycles. The Balaban J connectivity index is 1.38. The number of amides is 1. The molecular weight excluding hydrogens is 432 g/mol. The fraction of sp³-hybridized carbons (Fsp3) is 0.304. The van der Waals surface area contributed by atoms with Gasteiger partial charge in [0.25, 0.3) is 11.6 Å². The van der Waals surface area contributed by atoms with Crippen molar-refractivity contribution < 1.29 is 14.2 Å². The highest BCUT2D eigenvalue weighted by Crippen LogP contribution is 2.34. The summed E-state index contributed by atoms with van der Waals surface area (Å²) in [5.74, 6) is 0.442. The van der Waals surface area contributed by atoms with Crippen molar-refractivity contribution in [2.45, 2.75) is 25.8 Å². The zero-order valence-electron chi connectivity index (χ0n) is 17.3. The second kappa shape index (κ2) is 8.27. The summed E-state index contributed by atoms with van der Waals surface area (Å²) in [6.07, 6.45) is 2.63. The van der Waals surface area contributed by atoms with E-state index in [4.69, 9.17) is 16.1 Å². The molecule has 8 nitrogen and oxygen atoms in total. The summed E-state index contributed by atoms with van der Waals surface area (Å²) in [6, 6.07) is 12.1. The molecule has 0 saturated carbocycles. The first-order valence-electron chi connectivity index (χ1n) is 10.6. The molecule has 1 saturated heterocycles. The van der Waals surface area contributed by atoms with E-state index >= 15 is 0 Å². The summed E-state index contributed by atoms with van der Waals surface area (Å²) in [5, 5.41) is 16.5. The number of hydrogen-bond donors (Lipinski definition) is 0. The zero-order chi connectivity index (χ0) is 22.2. The number of fused-ring (bicyclic) bond motifs is 1. The number of halogens is 1. The van der Waals surface area contributed by atoms with Gasteiger partial charge in [-0.2, -0.15) is 0 Å². The van der Waals surface area contributed by atoms with Gasteiger partial charge in [0.15, 0.2) is 5.76 Å². The van der Waals surface area contributed by atoms with E-state index in [1.807, 2.05) is 17.0 Å². The Labute approximate surface area is 189 Å². The number of rotatable bonds is 4. The van der Waals surface area contributed by atoms with Crippen molar-refractivity contribution in [3.05, 3.63) is 74.4 Å². The number of nitrogens with zero attached hydrogens (tertiary/aromatic N) is 4. The molecule has 1 fully saturated rings. The Bertz CT molecular complexity index is 1190. The molecule has 0 atom stereocenters. The van der Waals surface area contributed by atoms with Gasteiger partial charge in [0, 0.05) is 47.4 Å². The monoisotopic (exact) mass is 452 g/mol. The van der Waals surface area contributed by atoms with Crippen LogP contribution in [0.15, 0.2) is 47.0 Å². The quantitative estimate of drug-likeness (QED) is 0.420. The highest BCUT2D eigenvalue weighted by atomic mass is 35.5. The van der Waals surface area contributed by atoms with Crippen LogP contribution < -0.4 is 4.90 Å². The van der Waals surface area contributed by atoms with Gasteiger partial charge in [0.1, 0.15) is 11.4 Å². The van der Waals surface area contributed by atoms with Crippen LogP contribution in [0.4, 0.5) is 11.4 Å². The van der Waals surface area contributed by atoms with Gasteiger partial charge in [0.2, 0.25) is 0 Å². The van der Waals surface area contributed by atoms with Crippen LogP contribution in [0.25, 0.3) is 11.3 Å². The Hall–Kier alpha value is -3.39. The second-order valence-corrected chi connectivity index (χ2v) is 8.51. The molecule has 2 aliphatic rings. The molecular formula is C23H21ClN4O4. The van der Waals surface area contributed by atoms with E-state index in [1.165, 1.54) is 6.07 Å². The standard InChI is InChI=1S/C23H21ClN4O4/c24-17-6-3-15(4-7-17)22-18-9-12-27(14-19(18)25-32-22)23(29)16-5-8-20(21(13-16)28(30)31)26-10-1-2-11-26/h3-8,13H,1-2,9-12,14H2. The number of nitro groups is 1. The molecule has 32 heavy (non-hydrogen) atoms. The summed E-state index contributed by atoms with van der Waals surface area (Å²) >= 11 is 5.97. The SMILES string of the molecule is O=C(c1ccc(N2CCCC2)c([N+](=O)[O-])c1)N1CCc2c(noc2-c2ccc(Cl)cc2)C1. The Morgan fingerprint density at radius 1 is 1.09 bits per heavy atom. The predicted octanol–water partition coefficient (Wildman–Crippen LogP) is 4.70. The molecule has 0 spiro atoms. The normalized spacial score (nSPS) is 15.7. The minimum atomic E-state index is -0.408. The Kier molecular flexibility index (Phi) is 5.30.